The van der Waals surface area contributed by atoms with Crippen LogP contribution in [0.5, 0.6) is 0 Å². The molecule has 3 heteroatoms. The smallest absolute Gasteiger partial charge is 0.196 e. The average molecular weight is 313 g/mol. The first-order chi connectivity index (χ1) is 10.5. The van der Waals surface area contributed by atoms with E-state index in [0.29, 0.717) is 16.8 Å². The van der Waals surface area contributed by atoms with Crippen LogP contribution >= 0.6 is 11.3 Å². The van der Waals surface area contributed by atoms with Gasteiger partial charge >= 0.3 is 0 Å². The fourth-order valence-corrected chi connectivity index (χ4v) is 4.46. The van der Waals surface area contributed by atoms with E-state index in [9.17, 15) is 4.79 Å². The molecule has 2 aromatic rings. The molecule has 3 rings (SSSR count). The minimum atomic E-state index is 0.0832. The molecule has 0 radical (unpaired) electrons. The highest BCUT2D eigenvalue weighted by Crippen LogP contribution is 2.39. The molecular weight excluding hydrogens is 290 g/mol. The maximum absolute atomic E-state index is 12.9. The van der Waals surface area contributed by atoms with Gasteiger partial charge in [-0.05, 0) is 42.2 Å². The molecule has 1 unspecified atom stereocenters. The van der Waals surface area contributed by atoms with E-state index < -0.39 is 0 Å². The van der Waals surface area contributed by atoms with Gasteiger partial charge in [0.15, 0.2) is 5.78 Å². The lowest BCUT2D eigenvalue weighted by atomic mass is 9.86. The molecule has 2 N–H and O–H groups in total. The van der Waals surface area contributed by atoms with E-state index in [1.807, 2.05) is 12.1 Å². The standard InChI is InChI=1S/C19H23NOS/c1-11(2)13-5-7-14(8-6-13)18(21)17-15-9-4-12(3)10-16(15)22-19(17)20/h5-8,11-12H,4,9-10,20H2,1-3H3. The number of nitrogens with two attached hydrogens (primary N) is 1. The molecule has 1 aromatic heterocycles. The van der Waals surface area contributed by atoms with Crippen LogP contribution in [0.3, 0.4) is 0 Å². The summed E-state index contributed by atoms with van der Waals surface area (Å²) in [5.74, 6) is 1.25. The van der Waals surface area contributed by atoms with Gasteiger partial charge in [-0.2, -0.15) is 0 Å². The van der Waals surface area contributed by atoms with Crippen LogP contribution in [-0.4, -0.2) is 5.78 Å². The maximum Gasteiger partial charge on any atom is 0.196 e. The first kappa shape index (κ1) is 15.3. The molecule has 1 aromatic carbocycles. The number of thiophene rings is 1. The van der Waals surface area contributed by atoms with E-state index >= 15 is 0 Å². The van der Waals surface area contributed by atoms with Gasteiger partial charge in [-0.25, -0.2) is 0 Å². The molecule has 0 saturated heterocycles. The van der Waals surface area contributed by atoms with Gasteiger partial charge < -0.3 is 5.73 Å². The highest BCUT2D eigenvalue weighted by molar-refractivity contribution is 7.16. The highest BCUT2D eigenvalue weighted by atomic mass is 32.1. The van der Waals surface area contributed by atoms with Gasteiger partial charge in [-0.15, -0.1) is 11.3 Å². The second-order valence-electron chi connectivity index (χ2n) is 6.70. The molecule has 2 nitrogen and oxygen atoms in total. The Bertz CT molecular complexity index is 697. The van der Waals surface area contributed by atoms with E-state index in [1.165, 1.54) is 16.0 Å². The number of carbonyl (C=O) groups is 1. The van der Waals surface area contributed by atoms with E-state index in [4.69, 9.17) is 5.73 Å². The van der Waals surface area contributed by atoms with Crippen molar-refractivity contribution < 1.29 is 4.79 Å². The van der Waals surface area contributed by atoms with E-state index in [1.54, 1.807) is 11.3 Å². The first-order valence-electron chi connectivity index (χ1n) is 8.02. The number of hydrogen-bond donors (Lipinski definition) is 1. The Morgan fingerprint density at radius 3 is 2.59 bits per heavy atom. The molecule has 22 heavy (non-hydrogen) atoms. The van der Waals surface area contributed by atoms with Crippen LogP contribution in [0, 0.1) is 5.92 Å². The average Bonchev–Trinajstić information content (AvgIpc) is 2.81. The molecule has 1 aliphatic carbocycles. The lowest BCUT2D eigenvalue weighted by Crippen LogP contribution is -2.13. The van der Waals surface area contributed by atoms with Crippen molar-refractivity contribution in [2.45, 2.75) is 46.0 Å². The molecule has 0 bridgehead atoms. The Morgan fingerprint density at radius 2 is 1.95 bits per heavy atom. The maximum atomic E-state index is 12.9. The number of rotatable bonds is 3. The number of anilines is 1. The molecule has 0 saturated carbocycles. The second-order valence-corrected chi connectivity index (χ2v) is 7.83. The number of fused-ring (bicyclic) bond motifs is 1. The van der Waals surface area contributed by atoms with Crippen LogP contribution in [0.1, 0.15) is 65.0 Å². The zero-order valence-corrected chi connectivity index (χ0v) is 14.3. The predicted octanol–water partition coefficient (Wildman–Crippen LogP) is 4.81. The Morgan fingerprint density at radius 1 is 1.27 bits per heavy atom. The number of benzene rings is 1. The molecule has 1 aliphatic rings. The third-order valence-corrected chi connectivity index (χ3v) is 5.69. The van der Waals surface area contributed by atoms with Gasteiger partial charge in [0, 0.05) is 10.4 Å². The quantitative estimate of drug-likeness (QED) is 0.826. The molecule has 0 fully saturated rings. The SMILES string of the molecule is CC1CCc2c(sc(N)c2C(=O)c2ccc(C(C)C)cc2)C1. The second kappa shape index (κ2) is 5.88. The van der Waals surface area contributed by atoms with Crippen molar-refractivity contribution in [2.24, 2.45) is 5.92 Å². The largest absolute Gasteiger partial charge is 0.390 e. The topological polar surface area (TPSA) is 43.1 Å². The Kier molecular flexibility index (Phi) is 4.09. The minimum Gasteiger partial charge on any atom is -0.390 e. The Labute approximate surface area is 136 Å². The summed E-state index contributed by atoms with van der Waals surface area (Å²) in [6, 6.07) is 7.98. The van der Waals surface area contributed by atoms with E-state index in [0.717, 1.165) is 30.4 Å². The zero-order chi connectivity index (χ0) is 15.9. The molecule has 0 spiro atoms. The van der Waals surface area contributed by atoms with Gasteiger partial charge in [0.05, 0.1) is 10.6 Å². The summed E-state index contributed by atoms with van der Waals surface area (Å²) < 4.78 is 0. The monoisotopic (exact) mass is 313 g/mol. The minimum absolute atomic E-state index is 0.0832. The van der Waals surface area contributed by atoms with Crippen molar-refractivity contribution in [3.8, 4) is 0 Å². The van der Waals surface area contributed by atoms with Gasteiger partial charge in [0.2, 0.25) is 0 Å². The normalized spacial score (nSPS) is 17.5. The molecular formula is C19H23NOS. The van der Waals surface area contributed by atoms with Crippen LogP contribution in [0.4, 0.5) is 5.00 Å². The predicted molar refractivity (Wildman–Crippen MR) is 93.9 cm³/mol. The first-order valence-corrected chi connectivity index (χ1v) is 8.83. The van der Waals surface area contributed by atoms with Gasteiger partial charge in [0.25, 0.3) is 0 Å². The molecule has 116 valence electrons. The van der Waals surface area contributed by atoms with Crippen molar-refractivity contribution in [2.75, 3.05) is 5.73 Å². The fraction of sp³-hybridized carbons (Fsp3) is 0.421. The lowest BCUT2D eigenvalue weighted by Gasteiger charge is -2.18. The summed E-state index contributed by atoms with van der Waals surface area (Å²) in [4.78, 5) is 14.2. The zero-order valence-electron chi connectivity index (χ0n) is 13.5. The Balaban J connectivity index is 1.96. The van der Waals surface area contributed by atoms with Gasteiger partial charge in [-0.1, -0.05) is 45.0 Å². The van der Waals surface area contributed by atoms with Crippen molar-refractivity contribution in [1.82, 2.24) is 0 Å². The van der Waals surface area contributed by atoms with Crippen LogP contribution in [0.2, 0.25) is 0 Å². The number of ketones is 1. The summed E-state index contributed by atoms with van der Waals surface area (Å²) in [6.07, 6.45) is 3.19. The third kappa shape index (κ3) is 2.70. The van der Waals surface area contributed by atoms with Crippen LogP contribution < -0.4 is 5.73 Å². The summed E-state index contributed by atoms with van der Waals surface area (Å²) in [5.41, 5.74) is 10.2. The summed E-state index contributed by atoms with van der Waals surface area (Å²) in [5, 5.41) is 0.692. The highest BCUT2D eigenvalue weighted by Gasteiger charge is 2.27. The molecule has 0 aliphatic heterocycles. The summed E-state index contributed by atoms with van der Waals surface area (Å²) in [7, 11) is 0. The summed E-state index contributed by atoms with van der Waals surface area (Å²) >= 11 is 1.61. The van der Waals surface area contributed by atoms with Crippen molar-refractivity contribution in [3.63, 3.8) is 0 Å². The lowest BCUT2D eigenvalue weighted by molar-refractivity contribution is 0.103. The molecule has 1 heterocycles. The fourth-order valence-electron chi connectivity index (χ4n) is 3.18. The van der Waals surface area contributed by atoms with Crippen molar-refractivity contribution >= 4 is 22.1 Å². The van der Waals surface area contributed by atoms with Crippen LogP contribution in [0.25, 0.3) is 0 Å². The van der Waals surface area contributed by atoms with E-state index in [-0.39, 0.29) is 5.78 Å². The number of hydrogen-bond acceptors (Lipinski definition) is 3. The molecule has 1 atom stereocenters. The van der Waals surface area contributed by atoms with Crippen LogP contribution in [0.15, 0.2) is 24.3 Å². The van der Waals surface area contributed by atoms with E-state index in [2.05, 4.69) is 32.9 Å². The van der Waals surface area contributed by atoms with Crippen molar-refractivity contribution in [3.05, 3.63) is 51.4 Å². The Hall–Kier alpha value is -1.61. The third-order valence-electron chi connectivity index (χ3n) is 4.61. The number of nitrogen functional groups attached to an aromatic ring is 1. The molecule has 0 amide bonds. The number of carbonyl (C=O) groups excluding carboxylic acids is 1. The summed E-state index contributed by atoms with van der Waals surface area (Å²) in [6.45, 7) is 6.58. The van der Waals surface area contributed by atoms with Gasteiger partial charge in [-0.3, -0.25) is 4.79 Å². The van der Waals surface area contributed by atoms with Gasteiger partial charge in [0.1, 0.15) is 0 Å². The van der Waals surface area contributed by atoms with Crippen LogP contribution in [-0.2, 0) is 12.8 Å². The van der Waals surface area contributed by atoms with Crippen molar-refractivity contribution in [1.29, 1.82) is 0 Å².